The number of aliphatic hydroxyl groups excluding tert-OH is 1. The fraction of sp³-hybridized carbons (Fsp3) is 0.381. The van der Waals surface area contributed by atoms with Gasteiger partial charge < -0.3 is 30.1 Å². The van der Waals surface area contributed by atoms with Gasteiger partial charge in [0.2, 0.25) is 11.8 Å². The van der Waals surface area contributed by atoms with Crippen molar-refractivity contribution in [2.75, 3.05) is 26.4 Å². The Labute approximate surface area is 305 Å². The van der Waals surface area contributed by atoms with E-state index < -0.39 is 30.1 Å². The van der Waals surface area contributed by atoms with Crippen LogP contribution in [-0.2, 0) is 30.3 Å². The molecule has 1 heterocycles. The third-order valence-electron chi connectivity index (χ3n) is 9.80. The summed E-state index contributed by atoms with van der Waals surface area (Å²) in [5.74, 6) is -1.94. The molecule has 1 aliphatic heterocycles. The molecule has 52 heavy (non-hydrogen) atoms. The first-order chi connectivity index (χ1) is 25.3. The fourth-order valence-corrected chi connectivity index (χ4v) is 7.17. The fourth-order valence-electron chi connectivity index (χ4n) is 7.17. The van der Waals surface area contributed by atoms with E-state index in [1.165, 1.54) is 0 Å². The minimum Gasteiger partial charge on any atom is -0.462 e. The summed E-state index contributed by atoms with van der Waals surface area (Å²) >= 11 is 0. The predicted molar refractivity (Wildman–Crippen MR) is 199 cm³/mol. The van der Waals surface area contributed by atoms with Crippen molar-refractivity contribution in [2.45, 2.75) is 69.0 Å². The third-order valence-corrected chi connectivity index (χ3v) is 9.80. The number of carbonyl (C=O) groups is 4. The molecule has 4 unspecified atom stereocenters. The lowest BCUT2D eigenvalue weighted by molar-refractivity contribution is -0.150. The van der Waals surface area contributed by atoms with Crippen LogP contribution in [0.3, 0.4) is 0 Å². The zero-order valence-electron chi connectivity index (χ0n) is 29.6. The molecule has 0 saturated carbocycles. The maximum Gasteiger partial charge on any atom is 0.407 e. The Morgan fingerprint density at radius 2 is 1.54 bits per heavy atom. The van der Waals surface area contributed by atoms with E-state index >= 15 is 0 Å². The van der Waals surface area contributed by atoms with Crippen LogP contribution >= 0.6 is 0 Å². The number of nitrogens with one attached hydrogen (secondary N) is 2. The Morgan fingerprint density at radius 1 is 0.865 bits per heavy atom. The van der Waals surface area contributed by atoms with E-state index in [-0.39, 0.29) is 56.4 Å². The minimum atomic E-state index is -0.966. The molecule has 4 atom stereocenters. The van der Waals surface area contributed by atoms with Crippen molar-refractivity contribution >= 4 is 23.9 Å². The molecule has 0 aromatic heterocycles. The quantitative estimate of drug-likeness (QED) is 0.114. The molecule has 3 N–H and O–H groups in total. The SMILES string of the molecule is C=CCCC(NC(=O)OCC1c2ccccc2-c2ccccc21)C(=O)OCC1CCCN1C(=O)C(CC=C)CC(=O)NC(CO)Cc1ccccc1. The highest BCUT2D eigenvalue weighted by molar-refractivity contribution is 5.87. The van der Waals surface area contributed by atoms with Crippen LogP contribution < -0.4 is 10.6 Å². The van der Waals surface area contributed by atoms with Crippen LogP contribution in [0.1, 0.15) is 61.1 Å². The Kier molecular flexibility index (Phi) is 13.8. The lowest BCUT2D eigenvalue weighted by Crippen LogP contribution is -2.46. The van der Waals surface area contributed by atoms with E-state index in [0.29, 0.717) is 32.2 Å². The Balaban J connectivity index is 1.14. The van der Waals surface area contributed by atoms with Gasteiger partial charge in [-0.1, -0.05) is 91.0 Å². The van der Waals surface area contributed by atoms with E-state index in [1.807, 2.05) is 66.7 Å². The average molecular weight is 708 g/mol. The summed E-state index contributed by atoms with van der Waals surface area (Å²) < 4.78 is 11.4. The number of fused-ring (bicyclic) bond motifs is 3. The normalized spacial score (nSPS) is 16.5. The number of carbonyl (C=O) groups excluding carboxylic acids is 4. The molecule has 3 aromatic carbocycles. The number of hydrogen-bond acceptors (Lipinski definition) is 7. The van der Waals surface area contributed by atoms with Gasteiger partial charge in [-0.25, -0.2) is 9.59 Å². The number of allylic oxidation sites excluding steroid dienone is 2. The second kappa shape index (κ2) is 18.9. The van der Waals surface area contributed by atoms with Crippen LogP contribution in [0.4, 0.5) is 4.79 Å². The number of ether oxygens (including phenoxy) is 2. The summed E-state index contributed by atoms with van der Waals surface area (Å²) in [4.78, 5) is 54.8. The first kappa shape index (κ1) is 38.0. The molecule has 1 aliphatic carbocycles. The van der Waals surface area contributed by atoms with E-state index in [9.17, 15) is 24.3 Å². The topological polar surface area (TPSA) is 134 Å². The first-order valence-electron chi connectivity index (χ1n) is 18.1. The molecule has 0 spiro atoms. The molecule has 0 radical (unpaired) electrons. The maximum atomic E-state index is 13.8. The number of amides is 3. The Morgan fingerprint density at radius 3 is 2.19 bits per heavy atom. The van der Waals surface area contributed by atoms with Crippen LogP contribution in [0.5, 0.6) is 0 Å². The predicted octanol–water partition coefficient (Wildman–Crippen LogP) is 5.70. The molecular formula is C42H49N3O7. The average Bonchev–Trinajstić information content (AvgIpc) is 3.77. The van der Waals surface area contributed by atoms with Crippen LogP contribution in [0.2, 0.25) is 0 Å². The van der Waals surface area contributed by atoms with Gasteiger partial charge in [-0.05, 0) is 66.3 Å². The van der Waals surface area contributed by atoms with Gasteiger partial charge in [-0.15, -0.1) is 13.2 Å². The van der Waals surface area contributed by atoms with Crippen molar-refractivity contribution in [1.29, 1.82) is 0 Å². The maximum absolute atomic E-state index is 13.8. The summed E-state index contributed by atoms with van der Waals surface area (Å²) in [6.07, 6.45) is 5.36. The largest absolute Gasteiger partial charge is 0.462 e. The van der Waals surface area contributed by atoms with Gasteiger partial charge in [0.05, 0.1) is 24.6 Å². The van der Waals surface area contributed by atoms with E-state index in [4.69, 9.17) is 9.47 Å². The van der Waals surface area contributed by atoms with E-state index in [1.54, 1.807) is 17.1 Å². The highest BCUT2D eigenvalue weighted by Crippen LogP contribution is 2.44. The van der Waals surface area contributed by atoms with Crippen molar-refractivity contribution in [3.63, 3.8) is 0 Å². The molecule has 2 aliphatic rings. The summed E-state index contributed by atoms with van der Waals surface area (Å²) in [7, 11) is 0. The molecular weight excluding hydrogens is 658 g/mol. The summed E-state index contributed by atoms with van der Waals surface area (Å²) in [6.45, 7) is 7.84. The van der Waals surface area contributed by atoms with Gasteiger partial charge in [-0.2, -0.15) is 0 Å². The smallest absolute Gasteiger partial charge is 0.407 e. The van der Waals surface area contributed by atoms with Gasteiger partial charge in [-0.3, -0.25) is 9.59 Å². The molecule has 10 heteroatoms. The minimum absolute atomic E-state index is 0.0435. The summed E-state index contributed by atoms with van der Waals surface area (Å²) in [6, 6.07) is 23.9. The van der Waals surface area contributed by atoms with Gasteiger partial charge >= 0.3 is 12.1 Å². The lowest BCUT2D eigenvalue weighted by atomic mass is 9.98. The summed E-state index contributed by atoms with van der Waals surface area (Å²) in [5.41, 5.74) is 5.39. The van der Waals surface area contributed by atoms with E-state index in [2.05, 4.69) is 35.9 Å². The number of rotatable bonds is 18. The Bertz CT molecular complexity index is 1660. The second-order valence-electron chi connectivity index (χ2n) is 13.4. The molecule has 1 fully saturated rings. The van der Waals surface area contributed by atoms with Gasteiger partial charge in [0.25, 0.3) is 0 Å². The number of aliphatic hydroxyl groups is 1. The van der Waals surface area contributed by atoms with Crippen molar-refractivity contribution in [2.24, 2.45) is 5.92 Å². The number of likely N-dealkylation sites (tertiary alicyclic amines) is 1. The zero-order chi connectivity index (χ0) is 36.9. The van der Waals surface area contributed by atoms with Crippen molar-refractivity contribution in [3.8, 4) is 11.1 Å². The first-order valence-corrected chi connectivity index (χ1v) is 18.1. The van der Waals surface area contributed by atoms with Crippen LogP contribution in [0.25, 0.3) is 11.1 Å². The van der Waals surface area contributed by atoms with E-state index in [0.717, 1.165) is 34.2 Å². The highest BCUT2D eigenvalue weighted by Gasteiger charge is 2.36. The molecule has 10 nitrogen and oxygen atoms in total. The molecule has 274 valence electrons. The third kappa shape index (κ3) is 9.76. The summed E-state index contributed by atoms with van der Waals surface area (Å²) in [5, 5.41) is 15.4. The van der Waals surface area contributed by atoms with Gasteiger partial charge in [0.15, 0.2) is 0 Å². The molecule has 3 amide bonds. The van der Waals surface area contributed by atoms with Crippen LogP contribution in [-0.4, -0.2) is 78.4 Å². The number of alkyl carbamates (subject to hydrolysis) is 1. The number of hydrogen-bond donors (Lipinski definition) is 3. The molecule has 5 rings (SSSR count). The standard InChI is InChI=1S/C42H49N3O7/c1-3-5-22-38(44-42(50)52-28-37-35-20-11-9-18-33(35)34-19-10-12-21-36(34)37)41(49)51-27-32-17-13-23-45(32)40(48)30(14-4-2)25-39(47)43-31(26-46)24-29-15-7-6-8-16-29/h3-4,6-12,15-16,18-21,30-32,37-38,46H,1-2,5,13-14,17,22-28H2,(H,43,47)(H,44,50). The van der Waals surface area contributed by atoms with Crippen LogP contribution in [0.15, 0.2) is 104 Å². The number of benzene rings is 3. The Hall–Kier alpha value is -5.22. The molecule has 1 saturated heterocycles. The molecule has 0 bridgehead atoms. The van der Waals surface area contributed by atoms with Crippen LogP contribution in [0, 0.1) is 5.92 Å². The van der Waals surface area contributed by atoms with Gasteiger partial charge in [0, 0.05) is 18.9 Å². The monoisotopic (exact) mass is 707 g/mol. The van der Waals surface area contributed by atoms with Crippen molar-refractivity contribution in [1.82, 2.24) is 15.5 Å². The zero-order valence-corrected chi connectivity index (χ0v) is 29.6. The molecule has 3 aromatic rings. The lowest BCUT2D eigenvalue weighted by Gasteiger charge is -2.29. The van der Waals surface area contributed by atoms with Crippen molar-refractivity contribution < 1.29 is 33.8 Å². The number of nitrogens with zero attached hydrogens (tertiary/aromatic N) is 1. The highest BCUT2D eigenvalue weighted by atomic mass is 16.6. The van der Waals surface area contributed by atoms with Gasteiger partial charge in [0.1, 0.15) is 19.3 Å². The second-order valence-corrected chi connectivity index (χ2v) is 13.4. The van der Waals surface area contributed by atoms with Crippen molar-refractivity contribution in [3.05, 3.63) is 121 Å². The number of esters is 1.